The molecule has 2 fully saturated rings. The molecule has 7 nitrogen and oxygen atoms in total. The molecule has 3 N–H and O–H groups in total. The number of nitrogens with zero attached hydrogens (tertiary/aromatic N) is 3. The number of anilines is 1. The molecule has 2 aliphatic rings. The summed E-state index contributed by atoms with van der Waals surface area (Å²) < 4.78 is 39.0. The SMILES string of the molecule is Nc1cc(CN2CCC(C(=O)N3CCC(C(NC(=O)C(F)(F)F)c4ccc(Cl)cc4)CC3)CC2)ccn1. The van der Waals surface area contributed by atoms with Gasteiger partial charge >= 0.3 is 12.1 Å². The van der Waals surface area contributed by atoms with E-state index < -0.39 is 18.1 Å². The summed E-state index contributed by atoms with van der Waals surface area (Å²) in [6.07, 6.45) is -0.765. The van der Waals surface area contributed by atoms with Crippen LogP contribution in [0.25, 0.3) is 0 Å². The van der Waals surface area contributed by atoms with Gasteiger partial charge in [0.25, 0.3) is 0 Å². The number of hydrogen-bond donors (Lipinski definition) is 2. The number of nitrogens with one attached hydrogen (secondary N) is 1. The minimum atomic E-state index is -4.97. The second-order valence-corrected chi connectivity index (χ2v) is 10.2. The highest BCUT2D eigenvalue weighted by atomic mass is 35.5. The molecule has 0 aliphatic carbocycles. The van der Waals surface area contributed by atoms with Crippen LogP contribution in [0.15, 0.2) is 42.6 Å². The summed E-state index contributed by atoms with van der Waals surface area (Å²) in [5.74, 6) is -1.67. The van der Waals surface area contributed by atoms with E-state index in [0.717, 1.165) is 38.0 Å². The van der Waals surface area contributed by atoms with E-state index in [2.05, 4.69) is 15.2 Å². The van der Waals surface area contributed by atoms with Crippen molar-refractivity contribution in [1.82, 2.24) is 20.1 Å². The molecule has 3 heterocycles. The Hall–Kier alpha value is -2.85. The lowest BCUT2D eigenvalue weighted by Crippen LogP contribution is -2.48. The number of piperidine rings is 2. The number of carbonyl (C=O) groups excluding carboxylic acids is 2. The van der Waals surface area contributed by atoms with E-state index in [9.17, 15) is 22.8 Å². The molecule has 2 aromatic rings. The maximum atomic E-state index is 13.2. The Bertz CT molecular complexity index is 1080. The summed E-state index contributed by atoms with van der Waals surface area (Å²) in [4.78, 5) is 33.1. The maximum absolute atomic E-state index is 13.2. The average Bonchev–Trinajstić information content (AvgIpc) is 2.87. The minimum absolute atomic E-state index is 0.0627. The lowest BCUT2D eigenvalue weighted by Gasteiger charge is -2.39. The molecule has 1 aromatic heterocycles. The van der Waals surface area contributed by atoms with E-state index in [1.165, 1.54) is 0 Å². The molecule has 1 unspecified atom stereocenters. The summed E-state index contributed by atoms with van der Waals surface area (Å²) in [6, 6.07) is 9.44. The second kappa shape index (κ2) is 11.7. The Morgan fingerprint density at radius 1 is 1.05 bits per heavy atom. The van der Waals surface area contributed by atoms with Gasteiger partial charge in [-0.25, -0.2) is 4.98 Å². The number of benzene rings is 1. The lowest BCUT2D eigenvalue weighted by atomic mass is 9.84. The summed E-state index contributed by atoms with van der Waals surface area (Å²) in [6.45, 7) is 3.27. The molecule has 2 aliphatic heterocycles. The first kappa shape index (κ1) is 27.2. The average molecular weight is 538 g/mol. The van der Waals surface area contributed by atoms with Gasteiger partial charge in [0.05, 0.1) is 6.04 Å². The Balaban J connectivity index is 1.31. The zero-order valence-corrected chi connectivity index (χ0v) is 21.1. The second-order valence-electron chi connectivity index (χ2n) is 9.80. The highest BCUT2D eigenvalue weighted by Gasteiger charge is 2.42. The van der Waals surface area contributed by atoms with Crippen LogP contribution in [0.4, 0.5) is 19.0 Å². The number of pyridine rings is 1. The Kier molecular flexibility index (Phi) is 8.59. The van der Waals surface area contributed by atoms with Crippen molar-refractivity contribution in [2.24, 2.45) is 11.8 Å². The molecule has 0 spiro atoms. The number of nitrogen functional groups attached to an aromatic ring is 1. The van der Waals surface area contributed by atoms with Crippen LogP contribution in [0, 0.1) is 11.8 Å². The Morgan fingerprint density at radius 2 is 1.70 bits per heavy atom. The van der Waals surface area contributed by atoms with Crippen molar-refractivity contribution in [3.63, 3.8) is 0 Å². The molecular weight excluding hydrogens is 507 g/mol. The Morgan fingerprint density at radius 3 is 2.30 bits per heavy atom. The first-order chi connectivity index (χ1) is 17.6. The van der Waals surface area contributed by atoms with Crippen LogP contribution in [-0.2, 0) is 16.1 Å². The van der Waals surface area contributed by atoms with Crippen LogP contribution < -0.4 is 11.1 Å². The number of alkyl halides is 3. The van der Waals surface area contributed by atoms with Crippen molar-refractivity contribution in [1.29, 1.82) is 0 Å². The summed E-state index contributed by atoms with van der Waals surface area (Å²) in [5.41, 5.74) is 7.42. The fraction of sp³-hybridized carbons (Fsp3) is 0.500. The van der Waals surface area contributed by atoms with Crippen molar-refractivity contribution in [2.45, 2.75) is 44.4 Å². The first-order valence-corrected chi connectivity index (χ1v) is 12.8. The summed E-state index contributed by atoms with van der Waals surface area (Å²) >= 11 is 5.94. The van der Waals surface area contributed by atoms with Crippen LogP contribution in [0.3, 0.4) is 0 Å². The molecule has 37 heavy (non-hydrogen) atoms. The smallest absolute Gasteiger partial charge is 0.384 e. The molecule has 11 heteroatoms. The summed E-state index contributed by atoms with van der Waals surface area (Å²) in [5, 5.41) is 2.63. The van der Waals surface area contributed by atoms with Gasteiger partial charge < -0.3 is 16.0 Å². The number of aromatic nitrogens is 1. The van der Waals surface area contributed by atoms with Gasteiger partial charge in [-0.05, 0) is 80.1 Å². The number of likely N-dealkylation sites (tertiary alicyclic amines) is 2. The number of nitrogens with two attached hydrogens (primary N) is 1. The number of halogens is 4. The van der Waals surface area contributed by atoms with Gasteiger partial charge in [-0.15, -0.1) is 0 Å². The molecule has 0 bridgehead atoms. The number of hydrogen-bond acceptors (Lipinski definition) is 5. The fourth-order valence-corrected chi connectivity index (χ4v) is 5.39. The van der Waals surface area contributed by atoms with E-state index in [4.69, 9.17) is 17.3 Å². The molecule has 0 radical (unpaired) electrons. The lowest BCUT2D eigenvalue weighted by molar-refractivity contribution is -0.175. The van der Waals surface area contributed by atoms with Crippen LogP contribution in [-0.4, -0.2) is 59.0 Å². The molecule has 4 rings (SSSR count). The largest absolute Gasteiger partial charge is 0.471 e. The molecule has 1 aromatic carbocycles. The molecule has 0 saturated carbocycles. The van der Waals surface area contributed by atoms with Crippen molar-refractivity contribution in [2.75, 3.05) is 31.9 Å². The minimum Gasteiger partial charge on any atom is -0.384 e. The summed E-state index contributed by atoms with van der Waals surface area (Å²) in [7, 11) is 0. The number of amides is 2. The predicted octanol–water partition coefficient (Wildman–Crippen LogP) is 4.19. The van der Waals surface area contributed by atoms with Gasteiger partial charge in [0, 0.05) is 36.8 Å². The highest BCUT2D eigenvalue weighted by Crippen LogP contribution is 2.34. The van der Waals surface area contributed by atoms with Gasteiger partial charge in [0.2, 0.25) is 5.91 Å². The van der Waals surface area contributed by atoms with E-state index >= 15 is 0 Å². The predicted molar refractivity (Wildman–Crippen MR) is 134 cm³/mol. The molecule has 200 valence electrons. The third kappa shape index (κ3) is 7.13. The van der Waals surface area contributed by atoms with Crippen LogP contribution in [0.5, 0.6) is 0 Å². The van der Waals surface area contributed by atoms with Crippen molar-refractivity contribution >= 4 is 29.2 Å². The van der Waals surface area contributed by atoms with Gasteiger partial charge in [0.1, 0.15) is 5.82 Å². The number of carbonyl (C=O) groups is 2. The van der Waals surface area contributed by atoms with Crippen molar-refractivity contribution in [3.8, 4) is 0 Å². The van der Waals surface area contributed by atoms with E-state index in [-0.39, 0.29) is 17.7 Å². The van der Waals surface area contributed by atoms with Crippen LogP contribution in [0.2, 0.25) is 5.02 Å². The van der Waals surface area contributed by atoms with Gasteiger partial charge in [-0.2, -0.15) is 13.2 Å². The first-order valence-electron chi connectivity index (χ1n) is 12.4. The zero-order chi connectivity index (χ0) is 26.6. The molecule has 2 amide bonds. The van der Waals surface area contributed by atoms with Gasteiger partial charge in [-0.3, -0.25) is 14.5 Å². The fourth-order valence-electron chi connectivity index (χ4n) is 5.27. The van der Waals surface area contributed by atoms with Crippen molar-refractivity contribution in [3.05, 3.63) is 58.7 Å². The monoisotopic (exact) mass is 537 g/mol. The van der Waals surface area contributed by atoms with E-state index in [1.807, 2.05) is 17.0 Å². The van der Waals surface area contributed by atoms with Crippen LogP contribution >= 0.6 is 11.6 Å². The molecule has 2 saturated heterocycles. The Labute approximate surface area is 219 Å². The maximum Gasteiger partial charge on any atom is 0.471 e. The highest BCUT2D eigenvalue weighted by molar-refractivity contribution is 6.30. The van der Waals surface area contributed by atoms with E-state index in [0.29, 0.717) is 42.3 Å². The standard InChI is InChI=1S/C26H31ClF3N5O2/c27-21-3-1-18(2-4-21)23(33-25(37)26(28,29)30)19-8-13-35(14-9-19)24(36)20-6-11-34(12-7-20)16-17-5-10-32-22(31)15-17/h1-5,10,15,19-20,23H,6-9,11-14,16H2,(H2,31,32)(H,33,37). The van der Waals surface area contributed by atoms with Crippen LogP contribution in [0.1, 0.15) is 42.9 Å². The van der Waals surface area contributed by atoms with Crippen molar-refractivity contribution < 1.29 is 22.8 Å². The zero-order valence-electron chi connectivity index (χ0n) is 20.4. The normalized spacial score (nSPS) is 19.0. The number of rotatable bonds is 6. The van der Waals surface area contributed by atoms with E-state index in [1.54, 1.807) is 30.5 Å². The van der Waals surface area contributed by atoms with Gasteiger partial charge in [-0.1, -0.05) is 23.7 Å². The quantitative estimate of drug-likeness (QED) is 0.576. The topological polar surface area (TPSA) is 91.6 Å². The molecule has 1 atom stereocenters. The third-order valence-electron chi connectivity index (χ3n) is 7.28. The molecular formula is C26H31ClF3N5O2. The third-order valence-corrected chi connectivity index (χ3v) is 7.54. The van der Waals surface area contributed by atoms with Gasteiger partial charge in [0.15, 0.2) is 0 Å².